The van der Waals surface area contributed by atoms with Gasteiger partial charge in [0.1, 0.15) is 11.5 Å². The van der Waals surface area contributed by atoms with Crippen molar-refractivity contribution in [1.29, 1.82) is 0 Å². The van der Waals surface area contributed by atoms with E-state index < -0.39 is 4.92 Å². The fourth-order valence-electron chi connectivity index (χ4n) is 1.65. The second kappa shape index (κ2) is 7.03. The van der Waals surface area contributed by atoms with Crippen LogP contribution in [-0.2, 0) is 0 Å². The Bertz CT molecular complexity index is 649. The molecule has 110 valence electrons. The molecular weight excluding hydrogens is 338 g/mol. The minimum atomic E-state index is -0.462. The molecule has 1 aromatic carbocycles. The molecule has 0 aliphatic heterocycles. The van der Waals surface area contributed by atoms with Crippen LogP contribution in [0.15, 0.2) is 41.1 Å². The average Bonchev–Trinajstić information content (AvgIpc) is 2.47. The summed E-state index contributed by atoms with van der Waals surface area (Å²) >= 11 is 3.31. The van der Waals surface area contributed by atoms with E-state index >= 15 is 0 Å². The molecule has 21 heavy (non-hydrogen) atoms. The standard InChI is InChI=1S/C14H14BrN3O3/c1-2-5-17-10-6-12(9-16-8-10)21-14-7-11(18(19)20)3-4-13(14)15/h3-4,6-9,17H,2,5H2,1H3. The minimum Gasteiger partial charge on any atom is -0.454 e. The number of benzene rings is 1. The molecule has 0 unspecified atom stereocenters. The summed E-state index contributed by atoms with van der Waals surface area (Å²) in [6, 6.07) is 6.17. The number of aromatic nitrogens is 1. The molecule has 1 aromatic heterocycles. The number of nitrogens with zero attached hydrogens (tertiary/aromatic N) is 2. The summed E-state index contributed by atoms with van der Waals surface area (Å²) in [6.07, 6.45) is 4.26. The molecule has 0 saturated heterocycles. The summed E-state index contributed by atoms with van der Waals surface area (Å²) in [5.74, 6) is 0.885. The van der Waals surface area contributed by atoms with Crippen molar-refractivity contribution in [3.05, 3.63) is 51.2 Å². The van der Waals surface area contributed by atoms with Crippen molar-refractivity contribution in [2.75, 3.05) is 11.9 Å². The van der Waals surface area contributed by atoms with Gasteiger partial charge in [0.2, 0.25) is 0 Å². The van der Waals surface area contributed by atoms with Gasteiger partial charge in [0.15, 0.2) is 0 Å². The summed E-state index contributed by atoms with van der Waals surface area (Å²) in [6.45, 7) is 2.91. The van der Waals surface area contributed by atoms with Crippen molar-refractivity contribution in [2.24, 2.45) is 0 Å². The molecule has 0 amide bonds. The van der Waals surface area contributed by atoms with E-state index in [1.54, 1.807) is 24.5 Å². The molecule has 2 rings (SSSR count). The first-order valence-corrected chi connectivity index (χ1v) is 7.20. The lowest BCUT2D eigenvalue weighted by Gasteiger charge is -2.09. The molecule has 7 heteroatoms. The molecule has 0 aliphatic carbocycles. The third-order valence-corrected chi connectivity index (χ3v) is 3.30. The van der Waals surface area contributed by atoms with Crippen LogP contribution in [0.1, 0.15) is 13.3 Å². The first-order chi connectivity index (χ1) is 10.1. The summed E-state index contributed by atoms with van der Waals surface area (Å²) in [5.41, 5.74) is 0.817. The number of halogens is 1. The number of anilines is 1. The number of pyridine rings is 1. The van der Waals surface area contributed by atoms with E-state index in [2.05, 4.69) is 33.2 Å². The lowest BCUT2D eigenvalue weighted by atomic mass is 10.3. The number of nitrogens with one attached hydrogen (secondary N) is 1. The fourth-order valence-corrected chi connectivity index (χ4v) is 1.98. The molecular formula is C14H14BrN3O3. The van der Waals surface area contributed by atoms with Crippen LogP contribution in [0.25, 0.3) is 0 Å². The number of hydrogen-bond donors (Lipinski definition) is 1. The van der Waals surface area contributed by atoms with Crippen LogP contribution >= 0.6 is 15.9 Å². The first-order valence-electron chi connectivity index (χ1n) is 6.41. The third-order valence-electron chi connectivity index (χ3n) is 2.65. The first kappa shape index (κ1) is 15.2. The Labute approximate surface area is 130 Å². The number of hydrogen-bond acceptors (Lipinski definition) is 5. The number of nitro benzene ring substituents is 1. The van der Waals surface area contributed by atoms with Crippen LogP contribution in [0.4, 0.5) is 11.4 Å². The van der Waals surface area contributed by atoms with Crippen LogP contribution < -0.4 is 10.1 Å². The molecule has 0 aliphatic rings. The Hall–Kier alpha value is -2.15. The van der Waals surface area contributed by atoms with Crippen molar-refractivity contribution in [3.8, 4) is 11.5 Å². The SMILES string of the molecule is CCCNc1cncc(Oc2cc([N+](=O)[O-])ccc2Br)c1. The summed E-state index contributed by atoms with van der Waals surface area (Å²) in [4.78, 5) is 14.4. The predicted octanol–water partition coefficient (Wildman–Crippen LogP) is 4.37. The number of ether oxygens (including phenoxy) is 1. The Kier molecular flexibility index (Phi) is 5.10. The van der Waals surface area contributed by atoms with Gasteiger partial charge in [0, 0.05) is 18.7 Å². The van der Waals surface area contributed by atoms with E-state index in [4.69, 9.17) is 4.74 Å². The maximum Gasteiger partial charge on any atom is 0.273 e. The van der Waals surface area contributed by atoms with Gasteiger partial charge in [0.25, 0.3) is 5.69 Å². The monoisotopic (exact) mass is 351 g/mol. The highest BCUT2D eigenvalue weighted by Crippen LogP contribution is 2.33. The van der Waals surface area contributed by atoms with Gasteiger partial charge in [-0.15, -0.1) is 0 Å². The zero-order chi connectivity index (χ0) is 15.2. The molecule has 0 bridgehead atoms. The third kappa shape index (κ3) is 4.16. The van der Waals surface area contributed by atoms with Crippen molar-refractivity contribution < 1.29 is 9.66 Å². The maximum absolute atomic E-state index is 10.8. The van der Waals surface area contributed by atoms with Crippen molar-refractivity contribution in [2.45, 2.75) is 13.3 Å². The Morgan fingerprint density at radius 2 is 2.19 bits per heavy atom. The predicted molar refractivity (Wildman–Crippen MR) is 83.9 cm³/mol. The van der Waals surface area contributed by atoms with E-state index in [1.165, 1.54) is 12.1 Å². The topological polar surface area (TPSA) is 77.3 Å². The molecule has 0 radical (unpaired) electrons. The molecule has 1 heterocycles. The zero-order valence-corrected chi connectivity index (χ0v) is 13.0. The second-order valence-corrected chi connectivity index (χ2v) is 5.16. The van der Waals surface area contributed by atoms with E-state index in [1.807, 2.05) is 0 Å². The smallest absolute Gasteiger partial charge is 0.273 e. The highest BCUT2D eigenvalue weighted by Gasteiger charge is 2.11. The van der Waals surface area contributed by atoms with E-state index in [9.17, 15) is 10.1 Å². The molecule has 2 aromatic rings. The molecule has 0 saturated carbocycles. The number of rotatable bonds is 6. The lowest BCUT2D eigenvalue weighted by Crippen LogP contribution is -2.00. The van der Waals surface area contributed by atoms with Gasteiger partial charge >= 0.3 is 0 Å². The van der Waals surface area contributed by atoms with Gasteiger partial charge in [-0.3, -0.25) is 15.1 Å². The Morgan fingerprint density at radius 1 is 1.38 bits per heavy atom. The van der Waals surface area contributed by atoms with Crippen molar-refractivity contribution in [3.63, 3.8) is 0 Å². The van der Waals surface area contributed by atoms with Crippen LogP contribution in [0, 0.1) is 10.1 Å². The minimum absolute atomic E-state index is 0.0265. The highest BCUT2D eigenvalue weighted by molar-refractivity contribution is 9.10. The Morgan fingerprint density at radius 3 is 2.90 bits per heavy atom. The summed E-state index contributed by atoms with van der Waals surface area (Å²) < 4.78 is 6.31. The normalized spacial score (nSPS) is 10.2. The quantitative estimate of drug-likeness (QED) is 0.617. The molecule has 0 atom stereocenters. The maximum atomic E-state index is 10.8. The highest BCUT2D eigenvalue weighted by atomic mass is 79.9. The van der Waals surface area contributed by atoms with E-state index in [-0.39, 0.29) is 5.69 Å². The number of non-ortho nitro benzene ring substituents is 1. The fraction of sp³-hybridized carbons (Fsp3) is 0.214. The average molecular weight is 352 g/mol. The van der Waals surface area contributed by atoms with Gasteiger partial charge in [-0.25, -0.2) is 0 Å². The molecule has 1 N–H and O–H groups in total. The zero-order valence-electron chi connectivity index (χ0n) is 11.4. The van der Waals surface area contributed by atoms with Gasteiger partial charge < -0.3 is 10.1 Å². The van der Waals surface area contributed by atoms with Crippen LogP contribution in [0.2, 0.25) is 0 Å². The summed E-state index contributed by atoms with van der Waals surface area (Å²) in [7, 11) is 0. The summed E-state index contributed by atoms with van der Waals surface area (Å²) in [5, 5.41) is 14.0. The largest absolute Gasteiger partial charge is 0.454 e. The van der Waals surface area contributed by atoms with Gasteiger partial charge in [-0.2, -0.15) is 0 Å². The van der Waals surface area contributed by atoms with Crippen LogP contribution in [0.5, 0.6) is 11.5 Å². The lowest BCUT2D eigenvalue weighted by molar-refractivity contribution is -0.384. The van der Waals surface area contributed by atoms with Gasteiger partial charge in [0.05, 0.1) is 33.5 Å². The van der Waals surface area contributed by atoms with Gasteiger partial charge in [-0.1, -0.05) is 6.92 Å². The van der Waals surface area contributed by atoms with Gasteiger partial charge in [-0.05, 0) is 28.4 Å². The van der Waals surface area contributed by atoms with E-state index in [0.29, 0.717) is 16.0 Å². The van der Waals surface area contributed by atoms with Crippen LogP contribution in [0.3, 0.4) is 0 Å². The van der Waals surface area contributed by atoms with Crippen molar-refractivity contribution in [1.82, 2.24) is 4.98 Å². The molecule has 6 nitrogen and oxygen atoms in total. The van der Waals surface area contributed by atoms with E-state index in [0.717, 1.165) is 18.7 Å². The molecule has 0 spiro atoms. The Balaban J connectivity index is 2.21. The van der Waals surface area contributed by atoms with Crippen molar-refractivity contribution >= 4 is 27.3 Å². The second-order valence-electron chi connectivity index (χ2n) is 4.31. The number of nitro groups is 1. The molecule has 0 fully saturated rings. The van der Waals surface area contributed by atoms with Crippen LogP contribution in [-0.4, -0.2) is 16.5 Å².